The number of nitrogens with zero attached hydrogens (tertiary/aromatic N) is 3. The summed E-state index contributed by atoms with van der Waals surface area (Å²) in [5, 5.41) is 0.556. The standard InChI is InChI=1S/C22H26ClN3O4S/c1-31(27,28)18-4-2-16(3-5-18)20-29-13-22(14-30-20)10-19(22)15-6-8-26(9-7-15)21-24-11-17(23)12-25-21/h2-5,11-12,15,19-20H,6-10,13-14H2,1H3. The number of hydrogen-bond acceptors (Lipinski definition) is 7. The molecule has 3 aliphatic rings. The molecule has 166 valence electrons. The highest BCUT2D eigenvalue weighted by molar-refractivity contribution is 7.90. The lowest BCUT2D eigenvalue weighted by atomic mass is 9.87. The van der Waals surface area contributed by atoms with Crippen LogP contribution in [-0.2, 0) is 19.3 Å². The van der Waals surface area contributed by atoms with Gasteiger partial charge in [0.25, 0.3) is 0 Å². The molecule has 3 heterocycles. The normalized spacial score (nSPS) is 29.3. The molecule has 1 unspecified atom stereocenters. The van der Waals surface area contributed by atoms with Gasteiger partial charge in [0.2, 0.25) is 5.95 Å². The lowest BCUT2D eigenvalue weighted by Gasteiger charge is -2.35. The molecule has 2 aromatic rings. The Bertz CT molecular complexity index is 1030. The van der Waals surface area contributed by atoms with Crippen molar-refractivity contribution in [2.45, 2.75) is 30.4 Å². The van der Waals surface area contributed by atoms with Crippen LogP contribution in [0.15, 0.2) is 41.6 Å². The molecular weight excluding hydrogens is 438 g/mol. The van der Waals surface area contributed by atoms with Crippen molar-refractivity contribution in [2.24, 2.45) is 17.3 Å². The van der Waals surface area contributed by atoms with Crippen LogP contribution < -0.4 is 4.90 Å². The lowest BCUT2D eigenvalue weighted by molar-refractivity contribution is -0.216. The van der Waals surface area contributed by atoms with Gasteiger partial charge in [-0.25, -0.2) is 18.4 Å². The molecule has 5 rings (SSSR count). The number of piperidine rings is 1. The Labute approximate surface area is 187 Å². The second-order valence-corrected chi connectivity index (χ2v) is 11.4. The molecule has 3 fully saturated rings. The summed E-state index contributed by atoms with van der Waals surface area (Å²) < 4.78 is 35.4. The van der Waals surface area contributed by atoms with Crippen LogP contribution in [0, 0.1) is 17.3 Å². The lowest BCUT2D eigenvalue weighted by Crippen LogP contribution is -2.37. The minimum Gasteiger partial charge on any atom is -0.348 e. The number of aromatic nitrogens is 2. The van der Waals surface area contributed by atoms with Crippen LogP contribution in [0.4, 0.5) is 5.95 Å². The molecule has 31 heavy (non-hydrogen) atoms. The first-order chi connectivity index (χ1) is 14.8. The number of rotatable bonds is 4. The molecule has 0 amide bonds. The molecule has 1 aromatic heterocycles. The van der Waals surface area contributed by atoms with E-state index in [9.17, 15) is 8.42 Å². The molecule has 7 nitrogen and oxygen atoms in total. The fourth-order valence-corrected chi connectivity index (χ4v) is 5.71. The highest BCUT2D eigenvalue weighted by atomic mass is 35.5. The average molecular weight is 464 g/mol. The Morgan fingerprint density at radius 3 is 2.26 bits per heavy atom. The van der Waals surface area contributed by atoms with E-state index < -0.39 is 16.1 Å². The number of ether oxygens (including phenoxy) is 2. The zero-order valence-corrected chi connectivity index (χ0v) is 19.0. The largest absolute Gasteiger partial charge is 0.348 e. The van der Waals surface area contributed by atoms with Gasteiger partial charge in [-0.3, -0.25) is 0 Å². The van der Waals surface area contributed by atoms with Gasteiger partial charge in [-0.05, 0) is 43.2 Å². The first-order valence-corrected chi connectivity index (χ1v) is 12.9. The maximum absolute atomic E-state index is 11.6. The van der Waals surface area contributed by atoms with E-state index in [1.165, 1.54) is 6.26 Å². The molecule has 0 radical (unpaired) electrons. The van der Waals surface area contributed by atoms with Gasteiger partial charge < -0.3 is 14.4 Å². The van der Waals surface area contributed by atoms with Gasteiger partial charge in [0.1, 0.15) is 0 Å². The van der Waals surface area contributed by atoms with E-state index in [-0.39, 0.29) is 5.41 Å². The van der Waals surface area contributed by atoms with Crippen LogP contribution in [0.3, 0.4) is 0 Å². The van der Waals surface area contributed by atoms with Gasteiger partial charge in [-0.15, -0.1) is 0 Å². The van der Waals surface area contributed by atoms with Gasteiger partial charge >= 0.3 is 0 Å². The highest BCUT2D eigenvalue weighted by Gasteiger charge is 2.59. The zero-order valence-electron chi connectivity index (χ0n) is 17.4. The van der Waals surface area contributed by atoms with Crippen molar-refractivity contribution in [3.05, 3.63) is 47.2 Å². The van der Waals surface area contributed by atoms with E-state index in [1.807, 2.05) is 0 Å². The molecule has 2 aliphatic heterocycles. The summed E-state index contributed by atoms with van der Waals surface area (Å²) in [6.45, 7) is 3.29. The van der Waals surface area contributed by atoms with Crippen molar-refractivity contribution in [2.75, 3.05) is 37.5 Å². The van der Waals surface area contributed by atoms with Crippen molar-refractivity contribution in [3.63, 3.8) is 0 Å². The molecule has 1 aromatic carbocycles. The van der Waals surface area contributed by atoms with Crippen LogP contribution in [0.2, 0.25) is 5.02 Å². The van der Waals surface area contributed by atoms with Crippen LogP contribution >= 0.6 is 11.6 Å². The monoisotopic (exact) mass is 463 g/mol. The Hall–Kier alpha value is -1.74. The third kappa shape index (κ3) is 4.31. The van der Waals surface area contributed by atoms with Crippen molar-refractivity contribution >= 4 is 27.4 Å². The number of hydrogen-bond donors (Lipinski definition) is 0. The quantitative estimate of drug-likeness (QED) is 0.686. The van der Waals surface area contributed by atoms with Gasteiger partial charge in [0.05, 0.1) is 35.5 Å². The Morgan fingerprint density at radius 2 is 1.68 bits per heavy atom. The number of sulfone groups is 1. The van der Waals surface area contributed by atoms with E-state index in [0.717, 1.165) is 43.9 Å². The molecule has 2 saturated heterocycles. The third-order valence-corrected chi connectivity index (χ3v) is 8.20. The number of benzene rings is 1. The number of anilines is 1. The Kier molecular flexibility index (Phi) is 5.45. The fourth-order valence-electron chi connectivity index (χ4n) is 4.99. The Balaban J connectivity index is 1.14. The van der Waals surface area contributed by atoms with Gasteiger partial charge in [-0.2, -0.15) is 0 Å². The van der Waals surface area contributed by atoms with E-state index in [2.05, 4.69) is 14.9 Å². The van der Waals surface area contributed by atoms with E-state index in [1.54, 1.807) is 36.7 Å². The molecule has 1 atom stereocenters. The molecule has 1 spiro atoms. The molecule has 1 aliphatic carbocycles. The molecule has 0 bridgehead atoms. The maximum Gasteiger partial charge on any atom is 0.225 e. The van der Waals surface area contributed by atoms with E-state index in [0.29, 0.717) is 35.0 Å². The smallest absolute Gasteiger partial charge is 0.225 e. The van der Waals surface area contributed by atoms with Crippen molar-refractivity contribution in [1.82, 2.24) is 9.97 Å². The molecule has 1 saturated carbocycles. The van der Waals surface area contributed by atoms with Crippen molar-refractivity contribution < 1.29 is 17.9 Å². The summed E-state index contributed by atoms with van der Waals surface area (Å²) in [5.41, 5.74) is 0.989. The van der Waals surface area contributed by atoms with E-state index in [4.69, 9.17) is 21.1 Å². The van der Waals surface area contributed by atoms with Crippen LogP contribution in [0.25, 0.3) is 0 Å². The summed E-state index contributed by atoms with van der Waals surface area (Å²) in [6, 6.07) is 6.77. The van der Waals surface area contributed by atoms with Crippen LogP contribution in [0.5, 0.6) is 0 Å². The summed E-state index contributed by atoms with van der Waals surface area (Å²) in [5.74, 6) is 2.05. The SMILES string of the molecule is CS(=O)(=O)c1ccc(C2OCC3(CO2)CC3C2CCN(c3ncc(Cl)cn3)CC2)cc1. The second-order valence-electron chi connectivity index (χ2n) is 8.99. The minimum absolute atomic E-state index is 0.132. The molecule has 9 heteroatoms. The van der Waals surface area contributed by atoms with E-state index >= 15 is 0 Å². The second kappa shape index (κ2) is 7.99. The van der Waals surface area contributed by atoms with Crippen molar-refractivity contribution in [3.8, 4) is 0 Å². The Morgan fingerprint density at radius 1 is 1.06 bits per heavy atom. The van der Waals surface area contributed by atoms with Crippen LogP contribution in [-0.4, -0.2) is 50.9 Å². The van der Waals surface area contributed by atoms with Crippen LogP contribution in [0.1, 0.15) is 31.1 Å². The van der Waals surface area contributed by atoms with Gasteiger partial charge in [0, 0.05) is 30.3 Å². The third-order valence-electron chi connectivity index (χ3n) is 6.88. The van der Waals surface area contributed by atoms with Crippen molar-refractivity contribution in [1.29, 1.82) is 0 Å². The maximum atomic E-state index is 11.6. The first kappa shape index (κ1) is 21.1. The first-order valence-electron chi connectivity index (χ1n) is 10.6. The zero-order chi connectivity index (χ0) is 21.6. The predicted octanol–water partition coefficient (Wildman–Crippen LogP) is 3.50. The van der Waals surface area contributed by atoms with Gasteiger partial charge in [0.15, 0.2) is 16.1 Å². The summed E-state index contributed by atoms with van der Waals surface area (Å²) >= 11 is 5.89. The molecule has 0 N–H and O–H groups in total. The predicted molar refractivity (Wildman–Crippen MR) is 117 cm³/mol. The van der Waals surface area contributed by atoms with Gasteiger partial charge in [-0.1, -0.05) is 23.7 Å². The molecular formula is C22H26ClN3O4S. The average Bonchev–Trinajstić information content (AvgIpc) is 3.47. The highest BCUT2D eigenvalue weighted by Crippen LogP contribution is 2.61. The fraction of sp³-hybridized carbons (Fsp3) is 0.545. The topological polar surface area (TPSA) is 81.6 Å². The minimum atomic E-state index is -3.20. The summed E-state index contributed by atoms with van der Waals surface area (Å²) in [4.78, 5) is 11.2. The number of halogens is 1. The summed E-state index contributed by atoms with van der Waals surface area (Å²) in [7, 11) is -3.20. The summed E-state index contributed by atoms with van der Waals surface area (Å²) in [6.07, 6.45) is 7.46.